The predicted molar refractivity (Wildman–Crippen MR) is 111 cm³/mol. The number of nitrogens with zero attached hydrogens (tertiary/aromatic N) is 3. The van der Waals surface area contributed by atoms with E-state index in [1.165, 1.54) is 5.56 Å². The highest BCUT2D eigenvalue weighted by atomic mass is 79.9. The zero-order valence-electron chi connectivity index (χ0n) is 13.7. The van der Waals surface area contributed by atoms with Gasteiger partial charge in [0.15, 0.2) is 5.13 Å². The molecule has 0 aliphatic heterocycles. The minimum atomic E-state index is 0. The lowest BCUT2D eigenvalue weighted by molar-refractivity contribution is 1.15. The Hall–Kier alpha value is -1.89. The number of halogens is 2. The lowest BCUT2D eigenvalue weighted by atomic mass is 10.2. The van der Waals surface area contributed by atoms with Gasteiger partial charge in [-0.2, -0.15) is 0 Å². The minimum absolute atomic E-state index is 0. The first-order valence-electron chi connectivity index (χ1n) is 7.54. The lowest BCUT2D eigenvalue weighted by Gasteiger charge is -2.03. The van der Waals surface area contributed by atoms with E-state index < -0.39 is 0 Å². The third kappa shape index (κ3) is 3.56. The SMILES string of the molecule is Br.Cc1ccc2nc(C)c(-c3csc(Nc4ccc(Cl)cc4)n3)n2c1. The third-order valence-corrected chi connectivity index (χ3v) is 4.79. The molecule has 1 aromatic carbocycles. The first-order valence-corrected chi connectivity index (χ1v) is 8.80. The molecule has 0 saturated carbocycles. The van der Waals surface area contributed by atoms with E-state index in [1.807, 2.05) is 37.3 Å². The van der Waals surface area contributed by atoms with Crippen LogP contribution in [0.4, 0.5) is 10.8 Å². The molecule has 0 atom stereocenters. The van der Waals surface area contributed by atoms with Crippen LogP contribution in [0.25, 0.3) is 17.0 Å². The number of pyridine rings is 1. The number of aryl methyl sites for hydroxylation is 2. The standard InChI is InChI=1S/C18H15ClN4S.BrH/c1-11-3-8-16-20-12(2)17(23(16)9-11)15-10-24-18(22-15)21-14-6-4-13(19)5-7-14;/h3-10H,1-2H3,(H,21,22);1H. The van der Waals surface area contributed by atoms with Crippen molar-refractivity contribution in [1.29, 1.82) is 0 Å². The number of anilines is 2. The Labute approximate surface area is 165 Å². The van der Waals surface area contributed by atoms with Gasteiger partial charge in [-0.15, -0.1) is 28.3 Å². The van der Waals surface area contributed by atoms with E-state index >= 15 is 0 Å². The van der Waals surface area contributed by atoms with E-state index in [9.17, 15) is 0 Å². The van der Waals surface area contributed by atoms with Gasteiger partial charge in [0.2, 0.25) is 0 Å². The van der Waals surface area contributed by atoms with E-state index in [4.69, 9.17) is 16.6 Å². The smallest absolute Gasteiger partial charge is 0.187 e. The quantitative estimate of drug-likeness (QED) is 0.426. The zero-order valence-corrected chi connectivity index (χ0v) is 16.9. The molecule has 7 heteroatoms. The topological polar surface area (TPSA) is 42.2 Å². The van der Waals surface area contributed by atoms with Crippen LogP contribution >= 0.6 is 39.9 Å². The highest BCUT2D eigenvalue weighted by Crippen LogP contribution is 2.30. The maximum atomic E-state index is 5.92. The van der Waals surface area contributed by atoms with Crippen LogP contribution in [0, 0.1) is 13.8 Å². The number of hydrogen-bond donors (Lipinski definition) is 1. The van der Waals surface area contributed by atoms with Crippen LogP contribution in [0.2, 0.25) is 5.02 Å². The van der Waals surface area contributed by atoms with Gasteiger partial charge in [-0.05, 0) is 49.7 Å². The molecule has 1 N–H and O–H groups in total. The summed E-state index contributed by atoms with van der Waals surface area (Å²) >= 11 is 7.49. The van der Waals surface area contributed by atoms with Crippen molar-refractivity contribution < 1.29 is 0 Å². The molecule has 128 valence electrons. The van der Waals surface area contributed by atoms with Gasteiger partial charge >= 0.3 is 0 Å². The molecule has 4 nitrogen and oxygen atoms in total. The van der Waals surface area contributed by atoms with Crippen LogP contribution in [0.5, 0.6) is 0 Å². The Bertz CT molecular complexity index is 1020. The molecule has 0 amide bonds. The number of thiazole rings is 1. The Balaban J connectivity index is 0.00000182. The van der Waals surface area contributed by atoms with Crippen molar-refractivity contribution in [2.75, 3.05) is 5.32 Å². The van der Waals surface area contributed by atoms with Gasteiger partial charge in [-0.3, -0.25) is 4.40 Å². The molecule has 0 bridgehead atoms. The van der Waals surface area contributed by atoms with Crippen molar-refractivity contribution in [3.8, 4) is 11.4 Å². The van der Waals surface area contributed by atoms with Crippen LogP contribution in [0.1, 0.15) is 11.3 Å². The molecular formula is C18H16BrClN4S. The molecule has 0 fully saturated rings. The Kier molecular flexibility index (Phi) is 5.13. The zero-order chi connectivity index (χ0) is 16.7. The molecular weight excluding hydrogens is 420 g/mol. The van der Waals surface area contributed by atoms with Crippen molar-refractivity contribution >= 4 is 56.4 Å². The molecule has 0 spiro atoms. The molecule has 0 unspecified atom stereocenters. The van der Waals surface area contributed by atoms with Crippen LogP contribution < -0.4 is 5.32 Å². The molecule has 3 heterocycles. The maximum Gasteiger partial charge on any atom is 0.187 e. The monoisotopic (exact) mass is 434 g/mol. The molecule has 4 rings (SSSR count). The first kappa shape index (κ1) is 17.9. The van der Waals surface area contributed by atoms with Crippen LogP contribution in [-0.2, 0) is 0 Å². The number of aromatic nitrogens is 3. The normalized spacial score (nSPS) is 10.7. The molecule has 4 aromatic rings. The van der Waals surface area contributed by atoms with Crippen molar-refractivity contribution in [3.05, 3.63) is 64.3 Å². The summed E-state index contributed by atoms with van der Waals surface area (Å²) in [6.07, 6.45) is 2.09. The van der Waals surface area contributed by atoms with Crippen LogP contribution in [-0.4, -0.2) is 14.4 Å². The van der Waals surface area contributed by atoms with Crippen LogP contribution in [0.3, 0.4) is 0 Å². The number of hydrogen-bond acceptors (Lipinski definition) is 4. The Morgan fingerprint density at radius 3 is 2.56 bits per heavy atom. The minimum Gasteiger partial charge on any atom is -0.332 e. The van der Waals surface area contributed by atoms with Crippen molar-refractivity contribution in [1.82, 2.24) is 14.4 Å². The van der Waals surface area contributed by atoms with Gasteiger partial charge in [-0.1, -0.05) is 17.7 Å². The third-order valence-electron chi connectivity index (χ3n) is 3.78. The second kappa shape index (κ2) is 7.15. The predicted octanol–water partition coefficient (Wildman–Crippen LogP) is 6.05. The van der Waals surface area contributed by atoms with Gasteiger partial charge in [0, 0.05) is 22.3 Å². The summed E-state index contributed by atoms with van der Waals surface area (Å²) in [7, 11) is 0. The number of nitrogens with one attached hydrogen (secondary N) is 1. The number of imidazole rings is 1. The van der Waals surface area contributed by atoms with E-state index in [0.29, 0.717) is 0 Å². The highest BCUT2D eigenvalue weighted by Gasteiger charge is 2.14. The molecule has 0 aliphatic rings. The Morgan fingerprint density at radius 1 is 1.04 bits per heavy atom. The summed E-state index contributed by atoms with van der Waals surface area (Å²) < 4.78 is 2.10. The van der Waals surface area contributed by atoms with Crippen molar-refractivity contribution in [3.63, 3.8) is 0 Å². The van der Waals surface area contributed by atoms with Gasteiger partial charge in [0.25, 0.3) is 0 Å². The molecule has 0 aliphatic carbocycles. The fourth-order valence-electron chi connectivity index (χ4n) is 2.67. The number of fused-ring (bicyclic) bond motifs is 1. The second-order valence-electron chi connectivity index (χ2n) is 5.65. The number of benzene rings is 1. The summed E-state index contributed by atoms with van der Waals surface area (Å²) in [4.78, 5) is 9.35. The first-order chi connectivity index (χ1) is 11.6. The highest BCUT2D eigenvalue weighted by molar-refractivity contribution is 8.93. The maximum absolute atomic E-state index is 5.92. The van der Waals surface area contributed by atoms with E-state index in [0.717, 1.165) is 38.6 Å². The van der Waals surface area contributed by atoms with Crippen LogP contribution in [0.15, 0.2) is 48.0 Å². The average molecular weight is 436 g/mol. The fraction of sp³-hybridized carbons (Fsp3) is 0.111. The average Bonchev–Trinajstić information content (AvgIpc) is 3.12. The summed E-state index contributed by atoms with van der Waals surface area (Å²) in [5.74, 6) is 0. The summed E-state index contributed by atoms with van der Waals surface area (Å²) in [6.45, 7) is 4.09. The molecule has 0 saturated heterocycles. The van der Waals surface area contributed by atoms with Crippen molar-refractivity contribution in [2.45, 2.75) is 13.8 Å². The fourth-order valence-corrected chi connectivity index (χ4v) is 3.52. The second-order valence-corrected chi connectivity index (χ2v) is 6.94. The summed E-state index contributed by atoms with van der Waals surface area (Å²) in [5, 5.41) is 6.93. The number of rotatable bonds is 3. The van der Waals surface area contributed by atoms with Gasteiger partial charge in [0.05, 0.1) is 11.4 Å². The van der Waals surface area contributed by atoms with E-state index in [-0.39, 0.29) is 17.0 Å². The van der Waals surface area contributed by atoms with E-state index in [2.05, 4.69) is 39.3 Å². The largest absolute Gasteiger partial charge is 0.332 e. The molecule has 3 aromatic heterocycles. The lowest BCUT2D eigenvalue weighted by Crippen LogP contribution is -1.92. The Morgan fingerprint density at radius 2 is 1.80 bits per heavy atom. The van der Waals surface area contributed by atoms with E-state index in [1.54, 1.807) is 11.3 Å². The summed E-state index contributed by atoms with van der Waals surface area (Å²) in [6, 6.07) is 11.7. The van der Waals surface area contributed by atoms with Gasteiger partial charge in [0.1, 0.15) is 11.3 Å². The van der Waals surface area contributed by atoms with Crippen molar-refractivity contribution in [2.24, 2.45) is 0 Å². The van der Waals surface area contributed by atoms with Gasteiger partial charge in [-0.25, -0.2) is 9.97 Å². The van der Waals surface area contributed by atoms with Gasteiger partial charge < -0.3 is 5.32 Å². The molecule has 0 radical (unpaired) electrons. The molecule has 25 heavy (non-hydrogen) atoms. The summed E-state index contributed by atoms with van der Waals surface area (Å²) in [5.41, 5.74) is 6.03.